The molecule has 1 aromatic carbocycles. The normalized spacial score (nSPS) is 12.8. The zero-order valence-electron chi connectivity index (χ0n) is 10.9. The van der Waals surface area contributed by atoms with Gasteiger partial charge in [0.05, 0.1) is 11.6 Å². The Hall–Kier alpha value is -2.14. The Morgan fingerprint density at radius 1 is 1.38 bits per heavy atom. The summed E-state index contributed by atoms with van der Waals surface area (Å²) in [4.78, 5) is 11.6. The van der Waals surface area contributed by atoms with Crippen molar-refractivity contribution in [2.24, 2.45) is 0 Å². The van der Waals surface area contributed by atoms with Crippen LogP contribution in [-0.4, -0.2) is 31.0 Å². The third-order valence-corrected chi connectivity index (χ3v) is 2.50. The van der Waals surface area contributed by atoms with Crippen molar-refractivity contribution in [3.05, 3.63) is 29.8 Å². The van der Waals surface area contributed by atoms with Crippen molar-refractivity contribution in [3.63, 3.8) is 0 Å². The zero-order valence-corrected chi connectivity index (χ0v) is 10.9. The lowest BCUT2D eigenvalue weighted by molar-refractivity contribution is -0.176. The highest BCUT2D eigenvalue weighted by Gasteiger charge is 2.41. The molecule has 1 unspecified atom stereocenters. The van der Waals surface area contributed by atoms with Gasteiger partial charge in [0, 0.05) is 5.69 Å². The van der Waals surface area contributed by atoms with Crippen LogP contribution in [0.25, 0.3) is 0 Å². The Morgan fingerprint density at radius 3 is 2.43 bits per heavy atom. The molecule has 0 aliphatic rings. The number of amides is 1. The van der Waals surface area contributed by atoms with E-state index in [1.807, 2.05) is 6.07 Å². The fourth-order valence-corrected chi connectivity index (χ4v) is 1.25. The van der Waals surface area contributed by atoms with E-state index in [1.165, 1.54) is 31.2 Å². The first-order valence-electron chi connectivity index (χ1n) is 5.85. The number of hydrogen-bond acceptors (Lipinski definition) is 3. The second-order valence-corrected chi connectivity index (χ2v) is 4.19. The van der Waals surface area contributed by atoms with Crippen LogP contribution < -0.4 is 5.32 Å². The number of carbonyl (C=O) groups excluding carboxylic acids is 1. The Bertz CT molecular complexity index is 526. The molecule has 1 aromatic rings. The van der Waals surface area contributed by atoms with Gasteiger partial charge in [-0.2, -0.15) is 14.0 Å². The van der Waals surface area contributed by atoms with Crippen molar-refractivity contribution in [3.8, 4) is 6.07 Å². The highest BCUT2D eigenvalue weighted by molar-refractivity contribution is 5.93. The molecule has 1 atom stereocenters. The summed E-state index contributed by atoms with van der Waals surface area (Å²) in [5, 5.41) is 11.0. The number of rotatable bonds is 6. The predicted molar refractivity (Wildman–Crippen MR) is 66.2 cm³/mol. The second-order valence-electron chi connectivity index (χ2n) is 4.19. The standard InChI is InChI=1S/C13H12F4N2O2/c1-8(21-7-13(16,17)12(14)15)11(20)19-10-4-2-9(6-18)3-5-10/h2-5,8,12H,7H2,1H3,(H,19,20). The minimum Gasteiger partial charge on any atom is -0.362 e. The summed E-state index contributed by atoms with van der Waals surface area (Å²) in [6.45, 7) is -0.382. The number of nitrogens with zero attached hydrogens (tertiary/aromatic N) is 1. The highest BCUT2D eigenvalue weighted by atomic mass is 19.3. The van der Waals surface area contributed by atoms with E-state index < -0.39 is 31.0 Å². The number of hydrogen-bond donors (Lipinski definition) is 1. The molecule has 4 nitrogen and oxygen atoms in total. The van der Waals surface area contributed by atoms with Crippen LogP contribution in [0, 0.1) is 11.3 Å². The molecule has 0 saturated heterocycles. The molecule has 1 N–H and O–H groups in total. The fraction of sp³-hybridized carbons (Fsp3) is 0.385. The number of benzene rings is 1. The molecule has 0 aliphatic heterocycles. The number of alkyl halides is 4. The third kappa shape index (κ3) is 5.04. The molecule has 0 aromatic heterocycles. The maximum absolute atomic E-state index is 12.6. The van der Waals surface area contributed by atoms with Gasteiger partial charge in [0.15, 0.2) is 0 Å². The Morgan fingerprint density at radius 2 is 1.95 bits per heavy atom. The van der Waals surface area contributed by atoms with Crippen molar-refractivity contribution >= 4 is 11.6 Å². The summed E-state index contributed by atoms with van der Waals surface area (Å²) in [5.74, 6) is -5.06. The number of nitrogens with one attached hydrogen (secondary N) is 1. The van der Waals surface area contributed by atoms with Gasteiger partial charge < -0.3 is 10.1 Å². The van der Waals surface area contributed by atoms with E-state index in [1.54, 1.807) is 0 Å². The number of nitriles is 1. The molecule has 0 fully saturated rings. The molecule has 8 heteroatoms. The number of halogens is 4. The van der Waals surface area contributed by atoms with Crippen LogP contribution in [0.3, 0.4) is 0 Å². The zero-order chi connectivity index (χ0) is 16.0. The van der Waals surface area contributed by atoms with E-state index in [4.69, 9.17) is 5.26 Å². The van der Waals surface area contributed by atoms with Crippen molar-refractivity contribution in [1.29, 1.82) is 5.26 Å². The lowest BCUT2D eigenvalue weighted by Gasteiger charge is -2.18. The molecule has 1 rings (SSSR count). The summed E-state index contributed by atoms with van der Waals surface area (Å²) in [6.07, 6.45) is -5.18. The van der Waals surface area contributed by atoms with E-state index in [2.05, 4.69) is 10.1 Å². The lowest BCUT2D eigenvalue weighted by atomic mass is 10.2. The molecular formula is C13H12F4N2O2. The summed E-state index contributed by atoms with van der Waals surface area (Å²) in [5.41, 5.74) is 0.712. The summed E-state index contributed by atoms with van der Waals surface area (Å²) in [7, 11) is 0. The maximum Gasteiger partial charge on any atom is 0.330 e. The summed E-state index contributed by atoms with van der Waals surface area (Å²) >= 11 is 0. The van der Waals surface area contributed by atoms with Crippen LogP contribution in [-0.2, 0) is 9.53 Å². The van der Waals surface area contributed by atoms with Gasteiger partial charge in [-0.15, -0.1) is 0 Å². The van der Waals surface area contributed by atoms with E-state index in [9.17, 15) is 22.4 Å². The van der Waals surface area contributed by atoms with Crippen LogP contribution in [0.5, 0.6) is 0 Å². The summed E-state index contributed by atoms with van der Waals surface area (Å²) < 4.78 is 53.6. The monoisotopic (exact) mass is 304 g/mol. The van der Waals surface area contributed by atoms with Gasteiger partial charge in [-0.3, -0.25) is 4.79 Å². The molecule has 0 spiro atoms. The van der Waals surface area contributed by atoms with Crippen LogP contribution in [0.4, 0.5) is 23.2 Å². The Kier molecular flexibility index (Phi) is 5.67. The first-order chi connectivity index (χ1) is 9.76. The average Bonchev–Trinajstić information content (AvgIpc) is 2.45. The number of anilines is 1. The average molecular weight is 304 g/mol. The van der Waals surface area contributed by atoms with Crippen LogP contribution in [0.1, 0.15) is 12.5 Å². The molecule has 0 aliphatic carbocycles. The first kappa shape index (κ1) is 16.9. The van der Waals surface area contributed by atoms with Gasteiger partial charge in [-0.05, 0) is 31.2 Å². The predicted octanol–water partition coefficient (Wildman–Crippen LogP) is 2.80. The van der Waals surface area contributed by atoms with Crippen molar-refractivity contribution in [2.75, 3.05) is 11.9 Å². The number of ether oxygens (including phenoxy) is 1. The van der Waals surface area contributed by atoms with Crippen LogP contribution in [0.15, 0.2) is 24.3 Å². The molecule has 114 valence electrons. The van der Waals surface area contributed by atoms with Crippen molar-refractivity contribution in [1.82, 2.24) is 0 Å². The quantitative estimate of drug-likeness (QED) is 0.822. The van der Waals surface area contributed by atoms with Crippen LogP contribution in [0.2, 0.25) is 0 Å². The van der Waals surface area contributed by atoms with E-state index >= 15 is 0 Å². The van der Waals surface area contributed by atoms with E-state index in [0.717, 1.165) is 0 Å². The van der Waals surface area contributed by atoms with E-state index in [-0.39, 0.29) is 0 Å². The Labute approximate surface area is 118 Å². The van der Waals surface area contributed by atoms with Crippen molar-refractivity contribution in [2.45, 2.75) is 25.4 Å². The molecule has 0 bridgehead atoms. The van der Waals surface area contributed by atoms with Gasteiger partial charge in [-0.1, -0.05) is 0 Å². The van der Waals surface area contributed by atoms with Gasteiger partial charge >= 0.3 is 12.3 Å². The molecule has 1 amide bonds. The fourth-order valence-electron chi connectivity index (χ4n) is 1.25. The maximum atomic E-state index is 12.6. The van der Waals surface area contributed by atoms with Crippen molar-refractivity contribution < 1.29 is 27.1 Å². The molecule has 21 heavy (non-hydrogen) atoms. The molecular weight excluding hydrogens is 292 g/mol. The summed E-state index contributed by atoms with van der Waals surface area (Å²) in [6, 6.07) is 7.67. The van der Waals surface area contributed by atoms with Gasteiger partial charge in [0.2, 0.25) is 0 Å². The SMILES string of the molecule is CC(OCC(F)(F)C(F)F)C(=O)Nc1ccc(C#N)cc1. The largest absolute Gasteiger partial charge is 0.362 e. The third-order valence-electron chi connectivity index (χ3n) is 2.50. The van der Waals surface area contributed by atoms with E-state index in [0.29, 0.717) is 11.3 Å². The van der Waals surface area contributed by atoms with Gasteiger partial charge in [-0.25, -0.2) is 8.78 Å². The topological polar surface area (TPSA) is 62.1 Å². The lowest BCUT2D eigenvalue weighted by Crippen LogP contribution is -2.37. The molecule has 0 radical (unpaired) electrons. The number of carbonyl (C=O) groups is 1. The smallest absolute Gasteiger partial charge is 0.330 e. The van der Waals surface area contributed by atoms with Gasteiger partial charge in [0.25, 0.3) is 5.91 Å². The Balaban J connectivity index is 2.53. The first-order valence-corrected chi connectivity index (χ1v) is 5.85. The highest BCUT2D eigenvalue weighted by Crippen LogP contribution is 2.23. The van der Waals surface area contributed by atoms with Crippen LogP contribution >= 0.6 is 0 Å². The molecule has 0 heterocycles. The van der Waals surface area contributed by atoms with Gasteiger partial charge in [0.1, 0.15) is 12.7 Å². The molecule has 0 saturated carbocycles. The second kappa shape index (κ2) is 7.04. The minimum absolute atomic E-state index is 0.329. The minimum atomic E-state index is -4.30.